The maximum Gasteiger partial charge on any atom is 0.342 e. The molecule has 0 spiro atoms. The zero-order valence-electron chi connectivity index (χ0n) is 11.5. The standard InChI is InChI=1S/C15H14ClNO4S/c16-10-3-4-12(13(18)8-10)15(20)21-9-14(19)17-6-5-11-2-1-7-22-11/h1-4,7-8,18H,5-6,9H2,(H,17,19). The Balaban J connectivity index is 1.74. The van der Waals surface area contributed by atoms with E-state index in [0.717, 1.165) is 6.42 Å². The average molecular weight is 340 g/mol. The number of aromatic hydroxyl groups is 1. The van der Waals surface area contributed by atoms with Crippen molar-refractivity contribution in [3.63, 3.8) is 0 Å². The summed E-state index contributed by atoms with van der Waals surface area (Å²) in [6.45, 7) is 0.0778. The molecule has 1 aromatic carbocycles. The number of rotatable bonds is 6. The van der Waals surface area contributed by atoms with Gasteiger partial charge in [-0.25, -0.2) is 4.79 Å². The number of phenolic OH excluding ortho intramolecular Hbond substituents is 1. The Morgan fingerprint density at radius 3 is 2.82 bits per heavy atom. The van der Waals surface area contributed by atoms with E-state index in [1.54, 1.807) is 11.3 Å². The van der Waals surface area contributed by atoms with Crippen LogP contribution in [-0.4, -0.2) is 30.1 Å². The van der Waals surface area contributed by atoms with Crippen LogP contribution >= 0.6 is 22.9 Å². The Morgan fingerprint density at radius 2 is 2.14 bits per heavy atom. The molecule has 1 heterocycles. The fraction of sp³-hybridized carbons (Fsp3) is 0.200. The van der Waals surface area contributed by atoms with Gasteiger partial charge in [-0.3, -0.25) is 4.79 Å². The summed E-state index contributed by atoms with van der Waals surface area (Å²) in [6.07, 6.45) is 0.731. The van der Waals surface area contributed by atoms with Gasteiger partial charge in [-0.05, 0) is 36.1 Å². The number of amides is 1. The van der Waals surface area contributed by atoms with E-state index in [4.69, 9.17) is 16.3 Å². The van der Waals surface area contributed by atoms with E-state index in [0.29, 0.717) is 11.6 Å². The van der Waals surface area contributed by atoms with Crippen molar-refractivity contribution in [2.75, 3.05) is 13.2 Å². The maximum atomic E-state index is 11.7. The summed E-state index contributed by atoms with van der Waals surface area (Å²) in [5, 5.41) is 14.5. The molecule has 22 heavy (non-hydrogen) atoms. The highest BCUT2D eigenvalue weighted by molar-refractivity contribution is 7.09. The summed E-state index contributed by atoms with van der Waals surface area (Å²) >= 11 is 7.29. The van der Waals surface area contributed by atoms with Crippen LogP contribution in [0, 0.1) is 0 Å². The van der Waals surface area contributed by atoms with Crippen LogP contribution in [0.25, 0.3) is 0 Å². The van der Waals surface area contributed by atoms with E-state index in [1.165, 1.54) is 23.1 Å². The fourth-order valence-corrected chi connectivity index (χ4v) is 2.59. The third kappa shape index (κ3) is 4.75. The Kier molecular flexibility index (Phi) is 5.80. The van der Waals surface area contributed by atoms with Crippen LogP contribution in [0.15, 0.2) is 35.7 Å². The summed E-state index contributed by atoms with van der Waals surface area (Å²) in [7, 11) is 0. The van der Waals surface area contributed by atoms with Crippen LogP contribution in [-0.2, 0) is 16.0 Å². The van der Waals surface area contributed by atoms with Crippen LogP contribution in [0.4, 0.5) is 0 Å². The topological polar surface area (TPSA) is 75.6 Å². The molecule has 0 saturated carbocycles. The minimum atomic E-state index is -0.775. The minimum Gasteiger partial charge on any atom is -0.507 e. The number of nitrogens with one attached hydrogen (secondary N) is 1. The lowest BCUT2D eigenvalue weighted by atomic mass is 10.2. The monoisotopic (exact) mass is 339 g/mol. The number of ether oxygens (including phenoxy) is 1. The number of hydrogen-bond acceptors (Lipinski definition) is 5. The van der Waals surface area contributed by atoms with Gasteiger partial charge in [0.2, 0.25) is 0 Å². The van der Waals surface area contributed by atoms with Gasteiger partial charge < -0.3 is 15.2 Å². The first-order valence-electron chi connectivity index (χ1n) is 6.51. The first kappa shape index (κ1) is 16.3. The smallest absolute Gasteiger partial charge is 0.342 e. The molecule has 116 valence electrons. The molecule has 0 unspecified atom stereocenters. The molecule has 2 N–H and O–H groups in total. The van der Waals surface area contributed by atoms with Crippen LogP contribution in [0.2, 0.25) is 5.02 Å². The van der Waals surface area contributed by atoms with Crippen molar-refractivity contribution in [3.05, 3.63) is 51.2 Å². The molecule has 0 bridgehead atoms. The number of halogens is 1. The van der Waals surface area contributed by atoms with Crippen molar-refractivity contribution in [1.82, 2.24) is 5.32 Å². The maximum absolute atomic E-state index is 11.7. The summed E-state index contributed by atoms with van der Waals surface area (Å²) in [5.41, 5.74) is -0.0317. The summed E-state index contributed by atoms with van der Waals surface area (Å²) < 4.78 is 4.85. The van der Waals surface area contributed by atoms with E-state index in [-0.39, 0.29) is 11.3 Å². The van der Waals surface area contributed by atoms with Gasteiger partial charge in [0.15, 0.2) is 6.61 Å². The molecular formula is C15H14ClNO4S. The molecule has 1 amide bonds. The fourth-order valence-electron chi connectivity index (χ4n) is 1.72. The second kappa shape index (κ2) is 7.82. The molecule has 0 aliphatic carbocycles. The number of phenols is 1. The summed E-state index contributed by atoms with van der Waals surface area (Å²) in [5.74, 6) is -1.45. The van der Waals surface area contributed by atoms with Gasteiger partial charge in [-0.2, -0.15) is 0 Å². The quantitative estimate of drug-likeness (QED) is 0.793. The zero-order valence-corrected chi connectivity index (χ0v) is 13.1. The van der Waals surface area contributed by atoms with Gasteiger partial charge in [0.1, 0.15) is 11.3 Å². The second-order valence-corrected chi connectivity index (χ2v) is 5.89. The largest absolute Gasteiger partial charge is 0.507 e. The number of carbonyl (C=O) groups is 2. The van der Waals surface area contributed by atoms with Crippen molar-refractivity contribution in [2.24, 2.45) is 0 Å². The molecule has 1 aromatic heterocycles. The van der Waals surface area contributed by atoms with Gasteiger partial charge in [0.25, 0.3) is 5.91 Å². The Hall–Kier alpha value is -2.05. The molecule has 2 rings (SSSR count). The normalized spacial score (nSPS) is 10.2. The lowest BCUT2D eigenvalue weighted by Crippen LogP contribution is -2.30. The van der Waals surface area contributed by atoms with E-state index in [9.17, 15) is 14.7 Å². The van der Waals surface area contributed by atoms with Crippen molar-refractivity contribution in [3.8, 4) is 5.75 Å². The second-order valence-electron chi connectivity index (χ2n) is 4.42. The van der Waals surface area contributed by atoms with E-state index < -0.39 is 18.5 Å². The highest BCUT2D eigenvalue weighted by Crippen LogP contribution is 2.22. The van der Waals surface area contributed by atoms with Crippen molar-refractivity contribution < 1.29 is 19.4 Å². The molecule has 0 atom stereocenters. The molecule has 0 saturated heterocycles. The van der Waals surface area contributed by atoms with Crippen LogP contribution < -0.4 is 5.32 Å². The average Bonchev–Trinajstić information content (AvgIpc) is 2.98. The highest BCUT2D eigenvalue weighted by Gasteiger charge is 2.14. The van der Waals surface area contributed by atoms with Crippen LogP contribution in [0.3, 0.4) is 0 Å². The van der Waals surface area contributed by atoms with Gasteiger partial charge in [-0.1, -0.05) is 17.7 Å². The first-order valence-corrected chi connectivity index (χ1v) is 7.77. The van der Waals surface area contributed by atoms with Crippen molar-refractivity contribution in [1.29, 1.82) is 0 Å². The Morgan fingerprint density at radius 1 is 1.32 bits per heavy atom. The number of hydrogen-bond donors (Lipinski definition) is 2. The third-order valence-electron chi connectivity index (χ3n) is 2.79. The Bertz CT molecular complexity index is 658. The number of benzene rings is 1. The van der Waals surface area contributed by atoms with Gasteiger partial charge in [0, 0.05) is 16.4 Å². The van der Waals surface area contributed by atoms with Gasteiger partial charge >= 0.3 is 5.97 Å². The molecule has 7 heteroatoms. The molecule has 0 fully saturated rings. The number of esters is 1. The van der Waals surface area contributed by atoms with Gasteiger partial charge in [0.05, 0.1) is 0 Å². The van der Waals surface area contributed by atoms with Crippen molar-refractivity contribution in [2.45, 2.75) is 6.42 Å². The Labute approximate surface area is 136 Å². The molecule has 0 aliphatic heterocycles. The molecule has 0 aliphatic rings. The van der Waals surface area contributed by atoms with E-state index in [2.05, 4.69) is 5.32 Å². The van der Waals surface area contributed by atoms with E-state index >= 15 is 0 Å². The summed E-state index contributed by atoms with van der Waals surface area (Å²) in [4.78, 5) is 24.5. The third-order valence-corrected chi connectivity index (χ3v) is 3.96. The van der Waals surface area contributed by atoms with Crippen molar-refractivity contribution >= 4 is 34.8 Å². The molecule has 2 aromatic rings. The lowest BCUT2D eigenvalue weighted by Gasteiger charge is -2.07. The van der Waals surface area contributed by atoms with Crippen LogP contribution in [0.1, 0.15) is 15.2 Å². The lowest BCUT2D eigenvalue weighted by molar-refractivity contribution is -0.124. The van der Waals surface area contributed by atoms with E-state index in [1.807, 2.05) is 17.5 Å². The molecule has 0 radical (unpaired) electrons. The first-order chi connectivity index (χ1) is 10.6. The number of thiophene rings is 1. The highest BCUT2D eigenvalue weighted by atomic mass is 35.5. The molecule has 5 nitrogen and oxygen atoms in total. The summed E-state index contributed by atoms with van der Waals surface area (Å²) in [6, 6.07) is 7.97. The minimum absolute atomic E-state index is 0.0317. The predicted molar refractivity (Wildman–Crippen MR) is 84.4 cm³/mol. The van der Waals surface area contributed by atoms with Crippen LogP contribution in [0.5, 0.6) is 5.75 Å². The van der Waals surface area contributed by atoms with Gasteiger partial charge in [-0.15, -0.1) is 11.3 Å². The SMILES string of the molecule is O=C(COC(=O)c1ccc(Cl)cc1O)NCCc1cccs1. The zero-order chi connectivity index (χ0) is 15.9. The predicted octanol–water partition coefficient (Wildman–Crippen LogP) is 2.62. The number of carbonyl (C=O) groups excluding carboxylic acids is 2. The molecular weight excluding hydrogens is 326 g/mol.